The molecule has 1 aromatic rings. The summed E-state index contributed by atoms with van der Waals surface area (Å²) in [4.78, 5) is 23.6. The van der Waals surface area contributed by atoms with Gasteiger partial charge in [0.05, 0.1) is 6.42 Å². The molecule has 0 aliphatic carbocycles. The average molecular weight is 232 g/mol. The molecule has 1 aromatic carbocycles. The fraction of sp³-hybridized carbons (Fsp3) is 0.467. The molecule has 0 saturated heterocycles. The zero-order chi connectivity index (χ0) is 12.8. The number of hydrogen-bond donors (Lipinski definition) is 0. The largest absolute Gasteiger partial charge is 0.299 e. The Morgan fingerprint density at radius 2 is 1.82 bits per heavy atom. The highest BCUT2D eigenvalue weighted by molar-refractivity contribution is 6.08. The summed E-state index contributed by atoms with van der Waals surface area (Å²) < 4.78 is 0. The van der Waals surface area contributed by atoms with Gasteiger partial charge in [0.1, 0.15) is 5.78 Å². The summed E-state index contributed by atoms with van der Waals surface area (Å²) in [6, 6.07) is 7.52. The molecule has 0 unspecified atom stereocenters. The number of aryl methyl sites for hydroxylation is 1. The molecule has 0 radical (unpaired) electrons. The summed E-state index contributed by atoms with van der Waals surface area (Å²) in [5.41, 5.74) is 1.72. The van der Waals surface area contributed by atoms with Gasteiger partial charge in [-0.1, -0.05) is 45.0 Å². The predicted molar refractivity (Wildman–Crippen MR) is 69.2 cm³/mol. The van der Waals surface area contributed by atoms with Crippen LogP contribution in [0, 0.1) is 5.92 Å². The fourth-order valence-corrected chi connectivity index (χ4v) is 1.90. The van der Waals surface area contributed by atoms with Crippen LogP contribution in [0.15, 0.2) is 24.3 Å². The van der Waals surface area contributed by atoms with Gasteiger partial charge < -0.3 is 0 Å². The Hall–Kier alpha value is -1.44. The van der Waals surface area contributed by atoms with Gasteiger partial charge in [-0.3, -0.25) is 9.59 Å². The lowest BCUT2D eigenvalue weighted by molar-refractivity contribution is -0.118. The SMILES string of the molecule is CCc1ccccc1C(=O)CC(=O)CC(C)C. The summed E-state index contributed by atoms with van der Waals surface area (Å²) in [6.07, 6.45) is 1.34. The van der Waals surface area contributed by atoms with Crippen LogP contribution in [0.1, 0.15) is 49.5 Å². The third-order valence-electron chi connectivity index (χ3n) is 2.69. The molecule has 92 valence electrons. The second-order valence-corrected chi connectivity index (χ2v) is 4.75. The Kier molecular flexibility index (Phi) is 5.08. The van der Waals surface area contributed by atoms with Crippen LogP contribution < -0.4 is 0 Å². The first-order valence-electron chi connectivity index (χ1n) is 6.17. The molecule has 1 rings (SSSR count). The summed E-state index contributed by atoms with van der Waals surface area (Å²) in [5, 5.41) is 0. The summed E-state index contributed by atoms with van der Waals surface area (Å²) in [6.45, 7) is 5.99. The van der Waals surface area contributed by atoms with Crippen molar-refractivity contribution in [2.45, 2.75) is 40.0 Å². The first-order valence-corrected chi connectivity index (χ1v) is 6.17. The number of carbonyl (C=O) groups excluding carboxylic acids is 2. The molecule has 0 spiro atoms. The average Bonchev–Trinajstić information content (AvgIpc) is 2.27. The van der Waals surface area contributed by atoms with Gasteiger partial charge in [0.25, 0.3) is 0 Å². The van der Waals surface area contributed by atoms with E-state index in [4.69, 9.17) is 0 Å². The van der Waals surface area contributed by atoms with Gasteiger partial charge in [-0.15, -0.1) is 0 Å². The number of hydrogen-bond acceptors (Lipinski definition) is 2. The van der Waals surface area contributed by atoms with Gasteiger partial charge in [-0.2, -0.15) is 0 Å². The topological polar surface area (TPSA) is 34.1 Å². The van der Waals surface area contributed by atoms with E-state index in [1.807, 2.05) is 45.0 Å². The second kappa shape index (κ2) is 6.33. The van der Waals surface area contributed by atoms with Gasteiger partial charge in [-0.05, 0) is 17.9 Å². The predicted octanol–water partition coefficient (Wildman–Crippen LogP) is 3.44. The van der Waals surface area contributed by atoms with E-state index in [2.05, 4.69) is 0 Å². The van der Waals surface area contributed by atoms with E-state index in [9.17, 15) is 9.59 Å². The highest BCUT2D eigenvalue weighted by Crippen LogP contribution is 2.13. The molecular weight excluding hydrogens is 212 g/mol. The van der Waals surface area contributed by atoms with Crippen LogP contribution in [0.25, 0.3) is 0 Å². The van der Waals surface area contributed by atoms with Crippen molar-refractivity contribution in [3.05, 3.63) is 35.4 Å². The normalized spacial score (nSPS) is 10.6. The summed E-state index contributed by atoms with van der Waals surface area (Å²) in [5.74, 6) is 0.306. The molecule has 0 aromatic heterocycles. The number of Topliss-reactive ketones (excluding diaryl/α,β-unsaturated/α-hetero) is 2. The fourth-order valence-electron chi connectivity index (χ4n) is 1.90. The lowest BCUT2D eigenvalue weighted by atomic mass is 9.96. The molecule has 0 bridgehead atoms. The van der Waals surface area contributed by atoms with Gasteiger partial charge in [0.15, 0.2) is 5.78 Å². The van der Waals surface area contributed by atoms with Gasteiger partial charge in [0, 0.05) is 12.0 Å². The van der Waals surface area contributed by atoms with E-state index in [1.165, 1.54) is 0 Å². The lowest BCUT2D eigenvalue weighted by Gasteiger charge is -2.07. The molecule has 0 atom stereocenters. The quantitative estimate of drug-likeness (QED) is 0.556. The van der Waals surface area contributed by atoms with E-state index in [0.29, 0.717) is 17.9 Å². The number of ketones is 2. The van der Waals surface area contributed by atoms with E-state index in [0.717, 1.165) is 12.0 Å². The van der Waals surface area contributed by atoms with Crippen molar-refractivity contribution in [1.82, 2.24) is 0 Å². The number of benzene rings is 1. The first kappa shape index (κ1) is 13.6. The smallest absolute Gasteiger partial charge is 0.170 e. The number of carbonyl (C=O) groups is 2. The molecule has 2 nitrogen and oxygen atoms in total. The van der Waals surface area contributed by atoms with Gasteiger partial charge in [0.2, 0.25) is 0 Å². The molecule has 0 aliphatic rings. The van der Waals surface area contributed by atoms with E-state index < -0.39 is 0 Å². The van der Waals surface area contributed by atoms with Crippen LogP contribution in [0.3, 0.4) is 0 Å². The van der Waals surface area contributed by atoms with Crippen LogP contribution in [-0.2, 0) is 11.2 Å². The third kappa shape index (κ3) is 4.14. The minimum absolute atomic E-state index is 0.0369. The van der Waals surface area contributed by atoms with Crippen molar-refractivity contribution >= 4 is 11.6 Å². The maximum Gasteiger partial charge on any atom is 0.170 e. The Labute approximate surface area is 103 Å². The van der Waals surface area contributed by atoms with E-state index in [1.54, 1.807) is 0 Å². The molecule has 0 amide bonds. The van der Waals surface area contributed by atoms with Crippen molar-refractivity contribution in [3.63, 3.8) is 0 Å². The van der Waals surface area contributed by atoms with Gasteiger partial charge in [-0.25, -0.2) is 0 Å². The van der Waals surface area contributed by atoms with Crippen LogP contribution in [-0.4, -0.2) is 11.6 Å². The van der Waals surface area contributed by atoms with Crippen molar-refractivity contribution in [3.8, 4) is 0 Å². The maximum absolute atomic E-state index is 12.0. The van der Waals surface area contributed by atoms with Crippen molar-refractivity contribution in [2.24, 2.45) is 5.92 Å². The van der Waals surface area contributed by atoms with Crippen LogP contribution in [0.4, 0.5) is 0 Å². The summed E-state index contributed by atoms with van der Waals surface area (Å²) >= 11 is 0. The zero-order valence-electron chi connectivity index (χ0n) is 10.8. The molecule has 0 saturated carbocycles. The Morgan fingerprint density at radius 3 is 2.41 bits per heavy atom. The van der Waals surface area contributed by atoms with Crippen molar-refractivity contribution < 1.29 is 9.59 Å². The first-order chi connectivity index (χ1) is 8.04. The Morgan fingerprint density at radius 1 is 1.18 bits per heavy atom. The maximum atomic E-state index is 12.0. The standard InChI is InChI=1S/C15H20O2/c1-4-12-7-5-6-8-14(12)15(17)10-13(16)9-11(2)3/h5-8,11H,4,9-10H2,1-3H3. The minimum atomic E-state index is -0.0481. The number of rotatable bonds is 6. The molecule has 17 heavy (non-hydrogen) atoms. The zero-order valence-corrected chi connectivity index (χ0v) is 10.8. The molecule has 0 fully saturated rings. The molecule has 0 heterocycles. The third-order valence-corrected chi connectivity index (χ3v) is 2.69. The minimum Gasteiger partial charge on any atom is -0.299 e. The monoisotopic (exact) mass is 232 g/mol. The van der Waals surface area contributed by atoms with E-state index in [-0.39, 0.29) is 18.0 Å². The highest BCUT2D eigenvalue weighted by atomic mass is 16.1. The van der Waals surface area contributed by atoms with Crippen LogP contribution in [0.5, 0.6) is 0 Å². The molecule has 2 heteroatoms. The van der Waals surface area contributed by atoms with Crippen LogP contribution in [0.2, 0.25) is 0 Å². The Balaban J connectivity index is 2.73. The van der Waals surface area contributed by atoms with Gasteiger partial charge >= 0.3 is 0 Å². The van der Waals surface area contributed by atoms with Crippen molar-refractivity contribution in [2.75, 3.05) is 0 Å². The van der Waals surface area contributed by atoms with E-state index >= 15 is 0 Å². The highest BCUT2D eigenvalue weighted by Gasteiger charge is 2.14. The summed E-state index contributed by atoms with van der Waals surface area (Å²) in [7, 11) is 0. The Bertz CT molecular complexity index is 405. The second-order valence-electron chi connectivity index (χ2n) is 4.75. The van der Waals surface area contributed by atoms with Crippen LogP contribution >= 0.6 is 0 Å². The van der Waals surface area contributed by atoms with Crippen molar-refractivity contribution in [1.29, 1.82) is 0 Å². The molecule has 0 N–H and O–H groups in total. The molecule has 0 aliphatic heterocycles. The molecular formula is C15H20O2. The lowest BCUT2D eigenvalue weighted by Crippen LogP contribution is -2.11.